The molecule has 1 heterocycles. The second-order valence-corrected chi connectivity index (χ2v) is 2.99. The highest BCUT2D eigenvalue weighted by atomic mass is 16.5. The van der Waals surface area contributed by atoms with E-state index in [4.69, 9.17) is 9.84 Å². The zero-order valence-electron chi connectivity index (χ0n) is 6.47. The quantitative estimate of drug-likeness (QED) is 0.422. The lowest BCUT2D eigenvalue weighted by molar-refractivity contribution is -0.0634. The van der Waals surface area contributed by atoms with Crippen molar-refractivity contribution in [2.45, 2.75) is 37.8 Å². The SMILES string of the molecule is CC1OCC(O)CC(O)C1O. The van der Waals surface area contributed by atoms with Crippen molar-refractivity contribution in [1.82, 2.24) is 0 Å². The second kappa shape index (κ2) is 3.49. The number of ether oxygens (including phenoxy) is 1. The van der Waals surface area contributed by atoms with Crippen molar-refractivity contribution in [2.24, 2.45) is 0 Å². The first-order chi connectivity index (χ1) is 5.11. The molecular formula is C7H14O4. The lowest BCUT2D eigenvalue weighted by Gasteiger charge is -2.18. The van der Waals surface area contributed by atoms with Crippen LogP contribution < -0.4 is 0 Å². The molecular weight excluding hydrogens is 148 g/mol. The molecule has 0 amide bonds. The van der Waals surface area contributed by atoms with Gasteiger partial charge in [-0.2, -0.15) is 0 Å². The molecule has 4 heteroatoms. The lowest BCUT2D eigenvalue weighted by atomic mass is 10.1. The molecule has 11 heavy (non-hydrogen) atoms. The van der Waals surface area contributed by atoms with Gasteiger partial charge in [-0.25, -0.2) is 0 Å². The molecule has 0 radical (unpaired) electrons. The van der Waals surface area contributed by atoms with Gasteiger partial charge in [0.25, 0.3) is 0 Å². The molecule has 0 saturated carbocycles. The first kappa shape index (κ1) is 8.93. The van der Waals surface area contributed by atoms with Gasteiger partial charge in [-0.15, -0.1) is 0 Å². The van der Waals surface area contributed by atoms with E-state index in [1.165, 1.54) is 0 Å². The highest BCUT2D eigenvalue weighted by molar-refractivity contribution is 4.79. The Labute approximate surface area is 65.4 Å². The van der Waals surface area contributed by atoms with Gasteiger partial charge in [0.2, 0.25) is 0 Å². The van der Waals surface area contributed by atoms with Gasteiger partial charge in [-0.05, 0) is 6.92 Å². The van der Waals surface area contributed by atoms with E-state index in [-0.39, 0.29) is 13.0 Å². The van der Waals surface area contributed by atoms with Crippen molar-refractivity contribution in [3.8, 4) is 0 Å². The van der Waals surface area contributed by atoms with Crippen molar-refractivity contribution in [3.05, 3.63) is 0 Å². The summed E-state index contributed by atoms with van der Waals surface area (Å²) in [5.41, 5.74) is 0. The molecule has 0 spiro atoms. The molecule has 4 atom stereocenters. The van der Waals surface area contributed by atoms with Gasteiger partial charge in [0, 0.05) is 6.42 Å². The molecule has 1 saturated heterocycles. The average molecular weight is 162 g/mol. The fraction of sp³-hybridized carbons (Fsp3) is 1.00. The zero-order valence-corrected chi connectivity index (χ0v) is 6.47. The number of aliphatic hydroxyl groups excluding tert-OH is 3. The van der Waals surface area contributed by atoms with Crippen LogP contribution >= 0.6 is 0 Å². The summed E-state index contributed by atoms with van der Waals surface area (Å²) in [5, 5.41) is 27.6. The van der Waals surface area contributed by atoms with E-state index >= 15 is 0 Å². The molecule has 66 valence electrons. The predicted octanol–water partition coefficient (Wildman–Crippen LogP) is -1.12. The van der Waals surface area contributed by atoms with E-state index < -0.39 is 24.4 Å². The molecule has 1 aliphatic rings. The van der Waals surface area contributed by atoms with Gasteiger partial charge in [0.15, 0.2) is 0 Å². The highest BCUT2D eigenvalue weighted by Crippen LogP contribution is 2.14. The molecule has 0 aliphatic carbocycles. The predicted molar refractivity (Wildman–Crippen MR) is 38.1 cm³/mol. The smallest absolute Gasteiger partial charge is 0.106 e. The Morgan fingerprint density at radius 3 is 2.55 bits per heavy atom. The standard InChI is InChI=1S/C7H14O4/c1-4-7(10)6(9)2-5(8)3-11-4/h4-10H,2-3H2,1H3. The van der Waals surface area contributed by atoms with Gasteiger partial charge in [-0.1, -0.05) is 0 Å². The summed E-state index contributed by atoms with van der Waals surface area (Å²) in [6.45, 7) is 1.86. The third kappa shape index (κ3) is 2.13. The van der Waals surface area contributed by atoms with Crippen LogP contribution in [0, 0.1) is 0 Å². The Balaban J connectivity index is 2.53. The van der Waals surface area contributed by atoms with Crippen LogP contribution in [0.3, 0.4) is 0 Å². The summed E-state index contributed by atoms with van der Waals surface area (Å²) in [4.78, 5) is 0. The van der Waals surface area contributed by atoms with Gasteiger partial charge in [0.05, 0.1) is 24.9 Å². The van der Waals surface area contributed by atoms with Crippen LogP contribution in [0.25, 0.3) is 0 Å². The number of hydrogen-bond donors (Lipinski definition) is 3. The Hall–Kier alpha value is -0.160. The maximum Gasteiger partial charge on any atom is 0.106 e. The maximum absolute atomic E-state index is 9.26. The fourth-order valence-corrected chi connectivity index (χ4v) is 1.16. The van der Waals surface area contributed by atoms with Crippen LogP contribution in [0.5, 0.6) is 0 Å². The molecule has 1 aliphatic heterocycles. The van der Waals surface area contributed by atoms with Crippen molar-refractivity contribution in [2.75, 3.05) is 6.61 Å². The van der Waals surface area contributed by atoms with Gasteiger partial charge in [-0.3, -0.25) is 0 Å². The first-order valence-electron chi connectivity index (χ1n) is 3.77. The van der Waals surface area contributed by atoms with Crippen LogP contribution in [0.15, 0.2) is 0 Å². The summed E-state index contributed by atoms with van der Waals surface area (Å²) in [7, 11) is 0. The van der Waals surface area contributed by atoms with E-state index in [0.717, 1.165) is 0 Å². The van der Waals surface area contributed by atoms with Gasteiger partial charge >= 0.3 is 0 Å². The van der Waals surface area contributed by atoms with Crippen molar-refractivity contribution in [1.29, 1.82) is 0 Å². The molecule has 3 N–H and O–H groups in total. The minimum absolute atomic E-state index is 0.186. The molecule has 0 aromatic heterocycles. The lowest BCUT2D eigenvalue weighted by Crippen LogP contribution is -2.35. The third-order valence-corrected chi connectivity index (χ3v) is 1.94. The normalized spacial score (nSPS) is 46.9. The van der Waals surface area contributed by atoms with Crippen molar-refractivity contribution >= 4 is 0 Å². The van der Waals surface area contributed by atoms with Crippen LogP contribution in [-0.4, -0.2) is 46.3 Å². The van der Waals surface area contributed by atoms with E-state index in [1.807, 2.05) is 0 Å². The Morgan fingerprint density at radius 1 is 1.27 bits per heavy atom. The Kier molecular flexibility index (Phi) is 2.84. The van der Waals surface area contributed by atoms with Crippen LogP contribution in [0.4, 0.5) is 0 Å². The van der Waals surface area contributed by atoms with Crippen LogP contribution in [0.2, 0.25) is 0 Å². The van der Waals surface area contributed by atoms with E-state index in [2.05, 4.69) is 0 Å². The number of aliphatic hydroxyl groups is 3. The number of rotatable bonds is 0. The van der Waals surface area contributed by atoms with Crippen LogP contribution in [0.1, 0.15) is 13.3 Å². The van der Waals surface area contributed by atoms with E-state index in [1.54, 1.807) is 6.92 Å². The molecule has 4 unspecified atom stereocenters. The summed E-state index contributed by atoms with van der Waals surface area (Å²) >= 11 is 0. The molecule has 4 nitrogen and oxygen atoms in total. The Morgan fingerprint density at radius 2 is 1.91 bits per heavy atom. The molecule has 0 aromatic carbocycles. The maximum atomic E-state index is 9.26. The summed E-state index contributed by atoms with van der Waals surface area (Å²) in [6, 6.07) is 0. The minimum atomic E-state index is -0.882. The topological polar surface area (TPSA) is 69.9 Å². The molecule has 0 aromatic rings. The monoisotopic (exact) mass is 162 g/mol. The van der Waals surface area contributed by atoms with Crippen molar-refractivity contribution in [3.63, 3.8) is 0 Å². The summed E-state index contributed by atoms with van der Waals surface area (Å²) in [6.07, 6.45) is -2.63. The van der Waals surface area contributed by atoms with Gasteiger partial charge in [0.1, 0.15) is 6.10 Å². The van der Waals surface area contributed by atoms with Crippen LogP contribution in [-0.2, 0) is 4.74 Å². The van der Waals surface area contributed by atoms with E-state index in [0.29, 0.717) is 0 Å². The second-order valence-electron chi connectivity index (χ2n) is 2.99. The molecule has 1 rings (SSSR count). The molecule has 0 bridgehead atoms. The largest absolute Gasteiger partial charge is 0.391 e. The minimum Gasteiger partial charge on any atom is -0.391 e. The van der Waals surface area contributed by atoms with E-state index in [9.17, 15) is 10.2 Å². The fourth-order valence-electron chi connectivity index (χ4n) is 1.16. The summed E-state index contributed by atoms with van der Waals surface area (Å²) < 4.78 is 5.04. The van der Waals surface area contributed by atoms with Crippen molar-refractivity contribution < 1.29 is 20.1 Å². The zero-order chi connectivity index (χ0) is 8.43. The average Bonchev–Trinajstić information content (AvgIpc) is 2.05. The molecule has 1 fully saturated rings. The van der Waals surface area contributed by atoms with Gasteiger partial charge < -0.3 is 20.1 Å². The third-order valence-electron chi connectivity index (χ3n) is 1.94. The number of hydrogen-bond acceptors (Lipinski definition) is 4. The Bertz CT molecular complexity index is 128. The highest BCUT2D eigenvalue weighted by Gasteiger charge is 2.29. The summed E-state index contributed by atoms with van der Waals surface area (Å²) in [5.74, 6) is 0. The first-order valence-corrected chi connectivity index (χ1v) is 3.77.